The van der Waals surface area contributed by atoms with Crippen LogP contribution in [0.5, 0.6) is 0 Å². The minimum Gasteiger partial charge on any atom is -0.310 e. The molecule has 0 saturated heterocycles. The zero-order valence-electron chi connectivity index (χ0n) is 13.1. The van der Waals surface area contributed by atoms with Crippen LogP contribution < -0.4 is 5.32 Å². The van der Waals surface area contributed by atoms with Gasteiger partial charge >= 0.3 is 0 Å². The molecule has 0 radical (unpaired) electrons. The van der Waals surface area contributed by atoms with Gasteiger partial charge in [-0.05, 0) is 45.4 Å². The number of likely N-dealkylation sites (N-methyl/N-ethyl adjacent to an activating group) is 1. The van der Waals surface area contributed by atoms with E-state index in [1.165, 1.54) is 32.3 Å². The minimum absolute atomic E-state index is 0.352. The summed E-state index contributed by atoms with van der Waals surface area (Å²) in [7, 11) is 0. The molecule has 1 heterocycles. The largest absolute Gasteiger partial charge is 0.310 e. The van der Waals surface area contributed by atoms with Gasteiger partial charge in [-0.25, -0.2) is 4.98 Å². The molecule has 1 aromatic heterocycles. The summed E-state index contributed by atoms with van der Waals surface area (Å²) in [5.74, 6) is 0. The van der Waals surface area contributed by atoms with Crippen molar-refractivity contribution in [1.29, 1.82) is 0 Å². The van der Waals surface area contributed by atoms with Crippen molar-refractivity contribution in [2.24, 2.45) is 0 Å². The maximum atomic E-state index is 4.69. The third-order valence-corrected chi connectivity index (χ3v) is 4.81. The quantitative estimate of drug-likeness (QED) is 0.888. The van der Waals surface area contributed by atoms with Crippen molar-refractivity contribution in [3.8, 4) is 0 Å². The molecule has 1 N–H and O–H groups in total. The molecule has 2 aromatic rings. The average molecular weight is 288 g/mol. The second-order valence-electron chi connectivity index (χ2n) is 5.42. The van der Waals surface area contributed by atoms with E-state index < -0.39 is 0 Å². The van der Waals surface area contributed by atoms with E-state index in [9.17, 15) is 0 Å². The highest BCUT2D eigenvalue weighted by Gasteiger charge is 2.16. The summed E-state index contributed by atoms with van der Waals surface area (Å²) in [5, 5.41) is 4.84. The first-order valence-electron chi connectivity index (χ1n) is 7.24. The van der Waals surface area contributed by atoms with Crippen LogP contribution in [-0.4, -0.2) is 11.5 Å². The second-order valence-corrected chi connectivity index (χ2v) is 6.71. The molecule has 0 aliphatic carbocycles. The molecule has 108 valence electrons. The Kier molecular flexibility index (Phi) is 4.95. The number of aryl methyl sites for hydroxylation is 4. The molecule has 1 unspecified atom stereocenters. The first-order chi connectivity index (χ1) is 9.51. The second kappa shape index (κ2) is 6.51. The van der Waals surface area contributed by atoms with Gasteiger partial charge in [-0.1, -0.05) is 30.7 Å². The summed E-state index contributed by atoms with van der Waals surface area (Å²) in [6.07, 6.45) is 0.970. The number of hydrogen-bond donors (Lipinski definition) is 1. The number of hydrogen-bond acceptors (Lipinski definition) is 3. The van der Waals surface area contributed by atoms with Gasteiger partial charge < -0.3 is 5.32 Å². The van der Waals surface area contributed by atoms with Crippen LogP contribution in [0, 0.1) is 27.7 Å². The third kappa shape index (κ3) is 3.47. The first-order valence-corrected chi connectivity index (χ1v) is 8.06. The summed E-state index contributed by atoms with van der Waals surface area (Å²) >= 11 is 1.82. The number of nitrogens with one attached hydrogen (secondary N) is 1. The summed E-state index contributed by atoms with van der Waals surface area (Å²) in [4.78, 5) is 6.02. The number of benzene rings is 1. The molecule has 0 fully saturated rings. The molecule has 0 amide bonds. The Hall–Kier alpha value is -1.19. The van der Waals surface area contributed by atoms with Gasteiger partial charge in [-0.15, -0.1) is 11.3 Å². The molecule has 0 aliphatic heterocycles. The highest BCUT2D eigenvalue weighted by molar-refractivity contribution is 7.11. The fraction of sp³-hybridized carbons (Fsp3) is 0.471. The fourth-order valence-electron chi connectivity index (χ4n) is 2.47. The first kappa shape index (κ1) is 15.2. The van der Waals surface area contributed by atoms with E-state index in [-0.39, 0.29) is 0 Å². The van der Waals surface area contributed by atoms with Gasteiger partial charge in [0.2, 0.25) is 0 Å². The van der Waals surface area contributed by atoms with Crippen LogP contribution in [0.4, 0.5) is 0 Å². The van der Waals surface area contributed by atoms with Crippen LogP contribution in [0.2, 0.25) is 0 Å². The summed E-state index contributed by atoms with van der Waals surface area (Å²) in [6, 6.07) is 7.05. The highest BCUT2D eigenvalue weighted by atomic mass is 32.1. The standard InChI is InChI=1S/C17H24N2S/c1-6-18-16(10-17-19-13(4)14(5)20-17)15-9-11(2)7-8-12(15)3/h7-9,16,18H,6,10H2,1-5H3. The molecule has 0 bridgehead atoms. The number of rotatable bonds is 5. The van der Waals surface area contributed by atoms with Gasteiger partial charge in [0.1, 0.15) is 0 Å². The lowest BCUT2D eigenvalue weighted by Crippen LogP contribution is -2.23. The van der Waals surface area contributed by atoms with Gasteiger partial charge in [0.05, 0.1) is 10.7 Å². The molecular formula is C17H24N2S. The van der Waals surface area contributed by atoms with Gasteiger partial charge in [0.25, 0.3) is 0 Å². The van der Waals surface area contributed by atoms with E-state index in [0.717, 1.165) is 13.0 Å². The molecule has 1 aromatic carbocycles. The number of thiazole rings is 1. The summed E-state index contributed by atoms with van der Waals surface area (Å²) < 4.78 is 0. The minimum atomic E-state index is 0.352. The Morgan fingerprint density at radius 2 is 1.95 bits per heavy atom. The van der Waals surface area contributed by atoms with E-state index in [0.29, 0.717) is 6.04 Å². The Morgan fingerprint density at radius 1 is 1.20 bits per heavy atom. The smallest absolute Gasteiger partial charge is 0.0949 e. The molecule has 2 nitrogen and oxygen atoms in total. The predicted octanol–water partition coefficient (Wildman–Crippen LogP) is 4.27. The van der Waals surface area contributed by atoms with Crippen molar-refractivity contribution in [3.63, 3.8) is 0 Å². The molecule has 3 heteroatoms. The monoisotopic (exact) mass is 288 g/mol. The Morgan fingerprint density at radius 3 is 2.55 bits per heavy atom. The zero-order chi connectivity index (χ0) is 14.7. The lowest BCUT2D eigenvalue weighted by atomic mass is 9.97. The Balaban J connectivity index is 2.28. The maximum absolute atomic E-state index is 4.69. The molecule has 0 spiro atoms. The summed E-state index contributed by atoms with van der Waals surface area (Å²) in [5.41, 5.74) is 5.24. The number of aromatic nitrogens is 1. The topological polar surface area (TPSA) is 24.9 Å². The van der Waals surface area contributed by atoms with E-state index in [4.69, 9.17) is 0 Å². The van der Waals surface area contributed by atoms with E-state index in [1.807, 2.05) is 11.3 Å². The van der Waals surface area contributed by atoms with Crippen LogP contribution in [0.3, 0.4) is 0 Å². The van der Waals surface area contributed by atoms with E-state index in [2.05, 4.69) is 63.1 Å². The maximum Gasteiger partial charge on any atom is 0.0949 e. The average Bonchev–Trinajstić information content (AvgIpc) is 2.71. The molecule has 1 atom stereocenters. The van der Waals surface area contributed by atoms with Crippen molar-refractivity contribution in [3.05, 3.63) is 50.5 Å². The molecule has 20 heavy (non-hydrogen) atoms. The van der Waals surface area contributed by atoms with Crippen molar-refractivity contribution < 1.29 is 0 Å². The van der Waals surface area contributed by atoms with Gasteiger partial charge in [-0.3, -0.25) is 0 Å². The van der Waals surface area contributed by atoms with Gasteiger partial charge in [0.15, 0.2) is 0 Å². The van der Waals surface area contributed by atoms with Gasteiger partial charge in [0, 0.05) is 17.3 Å². The van der Waals surface area contributed by atoms with Crippen molar-refractivity contribution in [1.82, 2.24) is 10.3 Å². The van der Waals surface area contributed by atoms with E-state index in [1.54, 1.807) is 0 Å². The molecule has 0 saturated carbocycles. The predicted molar refractivity (Wildman–Crippen MR) is 87.6 cm³/mol. The zero-order valence-corrected chi connectivity index (χ0v) is 13.9. The SMILES string of the molecule is CCNC(Cc1nc(C)c(C)s1)c1cc(C)ccc1C. The Labute approximate surface area is 126 Å². The fourth-order valence-corrected chi connectivity index (χ4v) is 3.45. The van der Waals surface area contributed by atoms with Crippen molar-refractivity contribution in [2.45, 2.75) is 47.1 Å². The lowest BCUT2D eigenvalue weighted by Gasteiger charge is -2.20. The van der Waals surface area contributed by atoms with Gasteiger partial charge in [-0.2, -0.15) is 0 Å². The van der Waals surface area contributed by atoms with Crippen molar-refractivity contribution in [2.75, 3.05) is 6.54 Å². The van der Waals surface area contributed by atoms with Crippen LogP contribution >= 0.6 is 11.3 Å². The van der Waals surface area contributed by atoms with Crippen LogP contribution in [0.25, 0.3) is 0 Å². The van der Waals surface area contributed by atoms with E-state index >= 15 is 0 Å². The normalized spacial score (nSPS) is 12.7. The Bertz CT molecular complexity index is 567. The van der Waals surface area contributed by atoms with Crippen LogP contribution in [0.15, 0.2) is 18.2 Å². The lowest BCUT2D eigenvalue weighted by molar-refractivity contribution is 0.545. The summed E-state index contributed by atoms with van der Waals surface area (Å²) in [6.45, 7) is 11.7. The number of nitrogens with zero attached hydrogens (tertiary/aromatic N) is 1. The highest BCUT2D eigenvalue weighted by Crippen LogP contribution is 2.26. The molecule has 0 aliphatic rings. The molecule has 2 rings (SSSR count). The molecular weight excluding hydrogens is 264 g/mol. The van der Waals surface area contributed by atoms with Crippen LogP contribution in [-0.2, 0) is 6.42 Å². The van der Waals surface area contributed by atoms with Crippen LogP contribution in [0.1, 0.15) is 45.2 Å². The third-order valence-electron chi connectivity index (χ3n) is 3.71. The van der Waals surface area contributed by atoms with Crippen molar-refractivity contribution >= 4 is 11.3 Å².